The van der Waals surface area contributed by atoms with Crippen molar-refractivity contribution >= 4 is 6.09 Å². The first-order chi connectivity index (χ1) is 12.6. The summed E-state index contributed by atoms with van der Waals surface area (Å²) < 4.78 is 22.8. The number of benzene rings is 1. The number of fused-ring (bicyclic) bond motifs is 2. The molecule has 1 amide bonds. The van der Waals surface area contributed by atoms with Crippen LogP contribution in [0.1, 0.15) is 17.5 Å². The number of nitrogens with zero attached hydrogens (tertiary/aromatic N) is 1. The highest BCUT2D eigenvalue weighted by atomic mass is 16.6. The Balaban J connectivity index is 1.59. The molecule has 1 aromatic rings. The van der Waals surface area contributed by atoms with Crippen LogP contribution in [0.4, 0.5) is 4.79 Å². The molecule has 2 aliphatic carbocycles. The third-order valence-corrected chi connectivity index (χ3v) is 7.22. The minimum Gasteiger partial charge on any atom is -0.493 e. The largest absolute Gasteiger partial charge is 0.493 e. The van der Waals surface area contributed by atoms with Crippen molar-refractivity contribution in [2.75, 3.05) is 20.8 Å². The molecule has 2 bridgehead atoms. The van der Waals surface area contributed by atoms with Crippen LogP contribution in [0.15, 0.2) is 12.1 Å². The van der Waals surface area contributed by atoms with E-state index in [0.717, 1.165) is 17.9 Å². The quantitative estimate of drug-likeness (QED) is 0.749. The Bertz CT molecular complexity index is 826. The van der Waals surface area contributed by atoms with Gasteiger partial charge in [0.1, 0.15) is 18.3 Å². The number of carbonyl (C=O) groups excluding carboxylic acids is 1. The average molecular weight is 359 g/mol. The number of epoxide rings is 1. The van der Waals surface area contributed by atoms with Crippen LogP contribution < -0.4 is 9.47 Å². The molecular formula is C19H21NO6. The fourth-order valence-electron chi connectivity index (χ4n) is 6.29. The molecule has 7 atom stereocenters. The number of likely N-dealkylation sites (tertiary alicyclic amines) is 1. The maximum absolute atomic E-state index is 12.4. The molecule has 0 unspecified atom stereocenters. The van der Waals surface area contributed by atoms with E-state index in [1.807, 2.05) is 6.07 Å². The summed E-state index contributed by atoms with van der Waals surface area (Å²) in [6, 6.07) is 3.89. The predicted octanol–water partition coefficient (Wildman–Crippen LogP) is 0.849. The Kier molecular flexibility index (Phi) is 2.70. The van der Waals surface area contributed by atoms with Crippen LogP contribution in [0.3, 0.4) is 0 Å². The van der Waals surface area contributed by atoms with Crippen LogP contribution in [0, 0.1) is 5.92 Å². The topological polar surface area (TPSA) is 80.8 Å². The van der Waals surface area contributed by atoms with Gasteiger partial charge in [0.25, 0.3) is 0 Å². The second-order valence-corrected chi connectivity index (χ2v) is 7.98. The second-order valence-electron chi connectivity index (χ2n) is 7.98. The molecular weight excluding hydrogens is 338 g/mol. The van der Waals surface area contributed by atoms with Gasteiger partial charge in [-0.1, -0.05) is 6.07 Å². The standard InChI is InChI=1S/C19H21NO6/c1-23-10-4-3-8-7-9-12-13(21)15-16(25-15)17-19(12,11(8)14(10)26-17)5-6-20(9)18(22)24-2/h3-4,9,12-13,15-17,21H,5-7H2,1-2H3/t9-,12+,13-,15+,16+,17-,19+/m0/s1. The lowest BCUT2D eigenvalue weighted by atomic mass is 9.51. The van der Waals surface area contributed by atoms with E-state index in [0.29, 0.717) is 13.0 Å². The van der Waals surface area contributed by atoms with Crippen LogP contribution in [-0.2, 0) is 21.3 Å². The van der Waals surface area contributed by atoms with Crippen molar-refractivity contribution in [3.05, 3.63) is 23.3 Å². The number of amides is 1. The third-order valence-electron chi connectivity index (χ3n) is 7.22. The first kappa shape index (κ1) is 15.1. The Hall–Kier alpha value is -1.99. The molecule has 2 saturated heterocycles. The van der Waals surface area contributed by atoms with Crippen LogP contribution in [-0.4, -0.2) is 67.3 Å². The van der Waals surface area contributed by atoms with Crippen LogP contribution in [0.25, 0.3) is 0 Å². The van der Waals surface area contributed by atoms with E-state index in [9.17, 15) is 9.90 Å². The minimum absolute atomic E-state index is 0.0883. The van der Waals surface area contributed by atoms with Gasteiger partial charge in [0, 0.05) is 29.5 Å². The molecule has 5 aliphatic rings. The third kappa shape index (κ3) is 1.48. The molecule has 7 heteroatoms. The molecule has 1 spiro atoms. The number of ether oxygens (including phenoxy) is 4. The van der Waals surface area contributed by atoms with Gasteiger partial charge in [0.2, 0.25) is 0 Å². The van der Waals surface area contributed by atoms with E-state index in [1.165, 1.54) is 18.2 Å². The number of piperidine rings is 1. The molecule has 1 saturated carbocycles. The predicted molar refractivity (Wildman–Crippen MR) is 88.5 cm³/mol. The van der Waals surface area contributed by atoms with Crippen LogP contribution in [0.2, 0.25) is 0 Å². The molecule has 6 rings (SSSR count). The molecule has 26 heavy (non-hydrogen) atoms. The Labute approximate surface area is 150 Å². The van der Waals surface area contributed by atoms with E-state index in [2.05, 4.69) is 6.07 Å². The minimum atomic E-state index is -0.609. The van der Waals surface area contributed by atoms with E-state index in [-0.39, 0.29) is 41.8 Å². The normalized spacial score (nSPS) is 43.1. The molecule has 1 aromatic carbocycles. The molecule has 0 radical (unpaired) electrons. The van der Waals surface area contributed by atoms with Crippen molar-refractivity contribution in [1.82, 2.24) is 4.90 Å². The lowest BCUT2D eigenvalue weighted by molar-refractivity contribution is -0.0915. The van der Waals surface area contributed by atoms with Gasteiger partial charge in [-0.25, -0.2) is 4.79 Å². The first-order valence-corrected chi connectivity index (χ1v) is 9.17. The van der Waals surface area contributed by atoms with Gasteiger partial charge >= 0.3 is 6.09 Å². The second kappa shape index (κ2) is 4.64. The fourth-order valence-corrected chi connectivity index (χ4v) is 6.29. The summed E-state index contributed by atoms with van der Waals surface area (Å²) in [5, 5.41) is 11.1. The van der Waals surface area contributed by atoms with E-state index >= 15 is 0 Å². The maximum Gasteiger partial charge on any atom is 0.409 e. The Morgan fingerprint density at radius 1 is 1.35 bits per heavy atom. The number of hydrogen-bond acceptors (Lipinski definition) is 6. The number of rotatable bonds is 1. The van der Waals surface area contributed by atoms with Crippen molar-refractivity contribution in [3.63, 3.8) is 0 Å². The van der Waals surface area contributed by atoms with Crippen LogP contribution >= 0.6 is 0 Å². The summed E-state index contributed by atoms with van der Waals surface area (Å²) in [6.07, 6.45) is 0.0396. The summed E-state index contributed by atoms with van der Waals surface area (Å²) in [6.45, 7) is 0.591. The van der Waals surface area contributed by atoms with E-state index < -0.39 is 6.10 Å². The highest BCUT2D eigenvalue weighted by Gasteiger charge is 2.75. The number of aliphatic hydroxyl groups is 1. The van der Waals surface area contributed by atoms with Crippen molar-refractivity contribution < 1.29 is 28.8 Å². The summed E-state index contributed by atoms with van der Waals surface area (Å²) in [5.41, 5.74) is 2.01. The van der Waals surface area contributed by atoms with Gasteiger partial charge in [-0.05, 0) is 24.5 Å². The average Bonchev–Trinajstić information content (AvgIpc) is 3.38. The highest BCUT2D eigenvalue weighted by Crippen LogP contribution is 2.66. The van der Waals surface area contributed by atoms with Gasteiger partial charge in [-0.2, -0.15) is 0 Å². The molecule has 0 aromatic heterocycles. The van der Waals surface area contributed by atoms with Crippen molar-refractivity contribution in [1.29, 1.82) is 0 Å². The van der Waals surface area contributed by atoms with Gasteiger partial charge in [0.15, 0.2) is 11.5 Å². The zero-order valence-corrected chi connectivity index (χ0v) is 14.7. The lowest BCUT2D eigenvalue weighted by Crippen LogP contribution is -2.70. The van der Waals surface area contributed by atoms with Gasteiger partial charge in [-0.3, -0.25) is 0 Å². The molecule has 3 fully saturated rings. The molecule has 3 heterocycles. The van der Waals surface area contributed by atoms with Gasteiger partial charge < -0.3 is 29.0 Å². The Morgan fingerprint density at radius 2 is 2.19 bits per heavy atom. The maximum atomic E-state index is 12.4. The monoisotopic (exact) mass is 359 g/mol. The Morgan fingerprint density at radius 3 is 2.96 bits per heavy atom. The van der Waals surface area contributed by atoms with E-state index in [1.54, 1.807) is 12.0 Å². The van der Waals surface area contributed by atoms with E-state index in [4.69, 9.17) is 18.9 Å². The van der Waals surface area contributed by atoms with Crippen molar-refractivity contribution in [3.8, 4) is 11.5 Å². The van der Waals surface area contributed by atoms with Crippen molar-refractivity contribution in [2.24, 2.45) is 5.92 Å². The highest BCUT2D eigenvalue weighted by molar-refractivity contribution is 5.70. The zero-order valence-electron chi connectivity index (χ0n) is 14.7. The first-order valence-electron chi connectivity index (χ1n) is 9.17. The molecule has 3 aliphatic heterocycles. The molecule has 7 nitrogen and oxygen atoms in total. The number of hydrogen-bond donors (Lipinski definition) is 1. The summed E-state index contributed by atoms with van der Waals surface area (Å²) in [4.78, 5) is 14.2. The fraction of sp³-hybridized carbons (Fsp3) is 0.632. The van der Waals surface area contributed by atoms with Gasteiger partial charge in [-0.15, -0.1) is 0 Å². The molecule has 138 valence electrons. The zero-order chi connectivity index (χ0) is 17.8. The summed E-state index contributed by atoms with van der Waals surface area (Å²) in [7, 11) is 3.06. The smallest absolute Gasteiger partial charge is 0.409 e. The number of methoxy groups -OCH3 is 2. The number of carbonyl (C=O) groups is 1. The van der Waals surface area contributed by atoms with Crippen LogP contribution in [0.5, 0.6) is 11.5 Å². The summed E-state index contributed by atoms with van der Waals surface area (Å²) >= 11 is 0. The number of aliphatic hydroxyl groups excluding tert-OH is 1. The van der Waals surface area contributed by atoms with Gasteiger partial charge in [0.05, 0.1) is 20.3 Å². The summed E-state index contributed by atoms with van der Waals surface area (Å²) in [5.74, 6) is 1.41. The SMILES string of the molecule is COC(=O)N1CC[C@]23c4c5ccc(OC)c4O[C@H]2[C@@H]2O[C@@H]2[C@@H](O)[C@H]3[C@@H]1C5. The van der Waals surface area contributed by atoms with Crippen molar-refractivity contribution in [2.45, 2.75) is 48.7 Å². The molecule has 1 N–H and O–H groups in total. The lowest BCUT2D eigenvalue weighted by Gasteiger charge is -2.57.